The summed E-state index contributed by atoms with van der Waals surface area (Å²) in [5.74, 6) is -0.882. The molecule has 0 aliphatic heterocycles. The van der Waals surface area contributed by atoms with Crippen LogP contribution in [0.2, 0.25) is 5.02 Å². The first-order chi connectivity index (χ1) is 6.50. The lowest BCUT2D eigenvalue weighted by molar-refractivity contribution is -0.115. The van der Waals surface area contributed by atoms with Crippen LogP contribution in [-0.2, 0) is 15.6 Å². The highest BCUT2D eigenvalue weighted by atomic mass is 35.5. The molecule has 1 atom stereocenters. The average molecular weight is 233 g/mol. The predicted molar refractivity (Wildman–Crippen MR) is 56.3 cm³/mol. The Morgan fingerprint density at radius 2 is 2.14 bits per heavy atom. The van der Waals surface area contributed by atoms with Gasteiger partial charge in [-0.2, -0.15) is 0 Å². The second-order valence-electron chi connectivity index (χ2n) is 2.64. The van der Waals surface area contributed by atoms with E-state index in [9.17, 15) is 9.00 Å². The fraction of sp³-hybridized carbons (Fsp3) is 0.125. The molecule has 1 aromatic carbocycles. The highest BCUT2D eigenvalue weighted by molar-refractivity contribution is 7.86. The number of nitrogens with two attached hydrogens (primary N) is 2. The second-order valence-corrected chi connectivity index (χ2v) is 4.49. The molecule has 0 spiro atoms. The van der Waals surface area contributed by atoms with E-state index in [2.05, 4.69) is 0 Å². The quantitative estimate of drug-likeness (QED) is 0.745. The van der Waals surface area contributed by atoms with E-state index in [0.29, 0.717) is 15.6 Å². The molecule has 6 heteroatoms. The number of halogens is 1. The van der Waals surface area contributed by atoms with Crippen molar-refractivity contribution in [2.75, 3.05) is 11.5 Å². The maximum Gasteiger partial charge on any atom is 0.230 e. The largest absolute Gasteiger partial charge is 0.398 e. The Kier molecular flexibility index (Phi) is 3.49. The van der Waals surface area contributed by atoms with Crippen LogP contribution < -0.4 is 11.5 Å². The molecule has 0 saturated heterocycles. The van der Waals surface area contributed by atoms with Crippen molar-refractivity contribution < 1.29 is 9.00 Å². The van der Waals surface area contributed by atoms with Crippen molar-refractivity contribution in [1.82, 2.24) is 0 Å². The van der Waals surface area contributed by atoms with Crippen LogP contribution in [0.4, 0.5) is 5.69 Å². The summed E-state index contributed by atoms with van der Waals surface area (Å²) in [6, 6.07) is 4.59. The van der Waals surface area contributed by atoms with Crippen LogP contribution in [-0.4, -0.2) is 15.9 Å². The molecule has 0 aliphatic carbocycles. The van der Waals surface area contributed by atoms with E-state index in [1.165, 1.54) is 12.1 Å². The van der Waals surface area contributed by atoms with Crippen molar-refractivity contribution in [2.24, 2.45) is 5.73 Å². The van der Waals surface area contributed by atoms with Crippen LogP contribution in [0, 0.1) is 0 Å². The number of primary amides is 1. The van der Waals surface area contributed by atoms with Crippen molar-refractivity contribution in [3.63, 3.8) is 0 Å². The van der Waals surface area contributed by atoms with Gasteiger partial charge in [-0.3, -0.25) is 9.00 Å². The van der Waals surface area contributed by atoms with Gasteiger partial charge in [-0.15, -0.1) is 0 Å². The first-order valence-corrected chi connectivity index (χ1v) is 5.42. The topological polar surface area (TPSA) is 86.2 Å². The third-order valence-corrected chi connectivity index (χ3v) is 3.12. The molecule has 0 aliphatic rings. The van der Waals surface area contributed by atoms with E-state index in [4.69, 9.17) is 23.1 Å². The standard InChI is InChI=1S/C8H9ClN2O2S/c9-5-1-2-6(10)7(3-5)14(13)4-8(11)12/h1-3H,4,10H2,(H2,11,12). The molecule has 0 saturated carbocycles. The van der Waals surface area contributed by atoms with Crippen molar-refractivity contribution in [3.8, 4) is 0 Å². The highest BCUT2D eigenvalue weighted by Crippen LogP contribution is 2.21. The SMILES string of the molecule is NC(=O)CS(=O)c1cc(Cl)ccc1N. The van der Waals surface area contributed by atoms with Crippen LogP contribution >= 0.6 is 11.6 Å². The smallest absolute Gasteiger partial charge is 0.230 e. The van der Waals surface area contributed by atoms with Gasteiger partial charge < -0.3 is 11.5 Å². The minimum absolute atomic E-state index is 0.245. The predicted octanol–water partition coefficient (Wildman–Crippen LogP) is 0.515. The summed E-state index contributed by atoms with van der Waals surface area (Å²) in [7, 11) is -1.52. The maximum absolute atomic E-state index is 11.5. The van der Waals surface area contributed by atoms with Gasteiger partial charge in [0, 0.05) is 10.7 Å². The van der Waals surface area contributed by atoms with Gasteiger partial charge in [-0.25, -0.2) is 0 Å². The highest BCUT2D eigenvalue weighted by Gasteiger charge is 2.10. The number of benzene rings is 1. The van der Waals surface area contributed by atoms with Gasteiger partial charge in [0.1, 0.15) is 5.75 Å². The number of carbonyl (C=O) groups is 1. The van der Waals surface area contributed by atoms with Crippen LogP contribution in [0.3, 0.4) is 0 Å². The first-order valence-electron chi connectivity index (χ1n) is 3.72. The zero-order valence-electron chi connectivity index (χ0n) is 7.20. The van der Waals surface area contributed by atoms with Gasteiger partial charge in [0.2, 0.25) is 5.91 Å². The van der Waals surface area contributed by atoms with Gasteiger partial charge in [-0.1, -0.05) is 11.6 Å². The number of hydrogen-bond donors (Lipinski definition) is 2. The summed E-state index contributed by atoms with van der Waals surface area (Å²) >= 11 is 5.69. The van der Waals surface area contributed by atoms with Crippen LogP contribution in [0.25, 0.3) is 0 Å². The average Bonchev–Trinajstić information content (AvgIpc) is 2.08. The number of anilines is 1. The molecule has 1 amide bonds. The summed E-state index contributed by atoms with van der Waals surface area (Å²) in [6.45, 7) is 0. The Hall–Kier alpha value is -1.07. The maximum atomic E-state index is 11.5. The van der Waals surface area contributed by atoms with Gasteiger partial charge in [0.15, 0.2) is 0 Å². The number of amides is 1. The molecule has 1 rings (SSSR count). The normalized spacial score (nSPS) is 12.4. The van der Waals surface area contributed by atoms with E-state index < -0.39 is 16.7 Å². The Balaban J connectivity index is 3.00. The molecule has 4 nitrogen and oxygen atoms in total. The fourth-order valence-electron chi connectivity index (χ4n) is 0.912. The minimum Gasteiger partial charge on any atom is -0.398 e. The fourth-order valence-corrected chi connectivity index (χ4v) is 2.15. The van der Waals surface area contributed by atoms with E-state index in [0.717, 1.165) is 0 Å². The minimum atomic E-state index is -1.52. The van der Waals surface area contributed by atoms with Crippen molar-refractivity contribution >= 4 is 34.0 Å². The molecule has 14 heavy (non-hydrogen) atoms. The van der Waals surface area contributed by atoms with Gasteiger partial charge in [0.05, 0.1) is 15.7 Å². The van der Waals surface area contributed by atoms with Crippen molar-refractivity contribution in [2.45, 2.75) is 4.90 Å². The molecule has 0 aromatic heterocycles. The summed E-state index contributed by atoms with van der Waals surface area (Å²) in [6.07, 6.45) is 0. The summed E-state index contributed by atoms with van der Waals surface area (Å²) in [4.78, 5) is 10.9. The number of nitrogen functional groups attached to an aromatic ring is 1. The number of hydrogen-bond acceptors (Lipinski definition) is 3. The molecule has 0 radical (unpaired) electrons. The summed E-state index contributed by atoms with van der Waals surface area (Å²) in [5.41, 5.74) is 10.8. The zero-order valence-corrected chi connectivity index (χ0v) is 8.77. The summed E-state index contributed by atoms with van der Waals surface area (Å²) < 4.78 is 11.5. The number of carbonyl (C=O) groups excluding carboxylic acids is 1. The first kappa shape index (κ1) is 11.0. The molecule has 0 bridgehead atoms. The van der Waals surface area contributed by atoms with Gasteiger partial charge in [-0.05, 0) is 18.2 Å². The van der Waals surface area contributed by atoms with Crippen molar-refractivity contribution in [3.05, 3.63) is 23.2 Å². The molecule has 1 aromatic rings. The molecule has 0 heterocycles. The second kappa shape index (κ2) is 4.43. The van der Waals surface area contributed by atoms with Gasteiger partial charge >= 0.3 is 0 Å². The van der Waals surface area contributed by atoms with E-state index in [-0.39, 0.29) is 5.75 Å². The van der Waals surface area contributed by atoms with Crippen molar-refractivity contribution in [1.29, 1.82) is 0 Å². The molecule has 4 N–H and O–H groups in total. The Labute approximate surface area is 88.7 Å². The lowest BCUT2D eigenvalue weighted by Gasteiger charge is -2.04. The van der Waals surface area contributed by atoms with Crippen LogP contribution in [0.15, 0.2) is 23.1 Å². The van der Waals surface area contributed by atoms with E-state index >= 15 is 0 Å². The zero-order chi connectivity index (χ0) is 10.7. The lowest BCUT2D eigenvalue weighted by atomic mass is 10.3. The molecule has 0 fully saturated rings. The van der Waals surface area contributed by atoms with Gasteiger partial charge in [0.25, 0.3) is 0 Å². The van der Waals surface area contributed by atoms with Crippen LogP contribution in [0.5, 0.6) is 0 Å². The molecule has 1 unspecified atom stereocenters. The van der Waals surface area contributed by atoms with E-state index in [1.807, 2.05) is 0 Å². The molecular weight excluding hydrogens is 224 g/mol. The Morgan fingerprint density at radius 3 is 2.71 bits per heavy atom. The summed E-state index contributed by atoms with van der Waals surface area (Å²) in [5, 5.41) is 0.423. The molecule has 76 valence electrons. The Bertz CT molecular complexity index is 395. The number of rotatable bonds is 3. The lowest BCUT2D eigenvalue weighted by Crippen LogP contribution is -2.19. The molecular formula is C8H9ClN2O2S. The van der Waals surface area contributed by atoms with E-state index in [1.54, 1.807) is 6.07 Å². The van der Waals surface area contributed by atoms with Crippen LogP contribution in [0.1, 0.15) is 0 Å². The third-order valence-electron chi connectivity index (χ3n) is 1.49. The third kappa shape index (κ3) is 2.71. The monoisotopic (exact) mass is 232 g/mol. The Morgan fingerprint density at radius 1 is 1.50 bits per heavy atom.